The van der Waals surface area contributed by atoms with E-state index < -0.39 is 16.4 Å². The summed E-state index contributed by atoms with van der Waals surface area (Å²) in [6.07, 6.45) is -1.81. The minimum atomic E-state index is -4.57. The van der Waals surface area contributed by atoms with Crippen LogP contribution in [0.25, 0.3) is 0 Å². The van der Waals surface area contributed by atoms with Crippen molar-refractivity contribution in [2.24, 2.45) is 0 Å². The van der Waals surface area contributed by atoms with Gasteiger partial charge in [0.25, 0.3) is 0 Å². The zero-order chi connectivity index (χ0) is 6.78. The van der Waals surface area contributed by atoms with Crippen LogP contribution in [0.1, 0.15) is 0 Å². The first-order valence-electron chi connectivity index (χ1n) is 1.40. The average Bonchev–Trinajstić information content (AvgIpc) is 1.21. The maximum atomic E-state index is 9.51. The molecule has 9 heteroatoms. The van der Waals surface area contributed by atoms with Gasteiger partial charge in [0.05, 0.1) is 0 Å². The van der Waals surface area contributed by atoms with Crippen LogP contribution >= 0.6 is 0 Å². The SMILES string of the molecule is O=C(O)NS(=O)(=O)O.[NaH].[NaH]. The molecule has 3 N–H and O–H groups in total. The van der Waals surface area contributed by atoms with Crippen LogP contribution in [-0.4, -0.2) is 83.3 Å². The second kappa shape index (κ2) is 6.86. The number of rotatable bonds is 1. The van der Waals surface area contributed by atoms with Crippen molar-refractivity contribution in [3.8, 4) is 0 Å². The molecule has 0 aliphatic rings. The summed E-state index contributed by atoms with van der Waals surface area (Å²) >= 11 is 0. The normalized spacial score (nSPS) is 8.50. The van der Waals surface area contributed by atoms with Gasteiger partial charge >= 0.3 is 75.5 Å². The second-order valence-electron chi connectivity index (χ2n) is 0.882. The van der Waals surface area contributed by atoms with Crippen molar-refractivity contribution < 1.29 is 22.9 Å². The molecule has 1 amide bonds. The Morgan fingerprint density at radius 1 is 1.30 bits per heavy atom. The molecule has 52 valence electrons. The zero-order valence-corrected chi connectivity index (χ0v) is 4.34. The van der Waals surface area contributed by atoms with E-state index in [1.807, 2.05) is 0 Å². The van der Waals surface area contributed by atoms with Crippen LogP contribution in [0.5, 0.6) is 0 Å². The van der Waals surface area contributed by atoms with Crippen LogP contribution in [0, 0.1) is 0 Å². The van der Waals surface area contributed by atoms with Gasteiger partial charge in [-0.15, -0.1) is 0 Å². The third kappa shape index (κ3) is 16.1. The van der Waals surface area contributed by atoms with Gasteiger partial charge in [-0.05, 0) is 0 Å². The van der Waals surface area contributed by atoms with E-state index in [2.05, 4.69) is 0 Å². The molecule has 0 aromatic carbocycles. The quantitative estimate of drug-likeness (QED) is 0.319. The average molecular weight is 189 g/mol. The molecule has 10 heavy (non-hydrogen) atoms. The third-order valence-electron chi connectivity index (χ3n) is 0.216. The molecular formula is CH5NNa2O5S. The summed E-state index contributed by atoms with van der Waals surface area (Å²) in [6, 6.07) is 0. The summed E-state index contributed by atoms with van der Waals surface area (Å²) in [4.78, 5) is 9.36. The Bertz CT molecular complexity index is 186. The Labute approximate surface area is 102 Å². The van der Waals surface area contributed by atoms with Crippen molar-refractivity contribution in [1.29, 1.82) is 0 Å². The molecule has 6 nitrogen and oxygen atoms in total. The Hall–Kier alpha value is 1.18. The molecule has 0 aliphatic carbocycles. The van der Waals surface area contributed by atoms with Gasteiger partial charge in [0.1, 0.15) is 0 Å². The molecule has 0 aromatic heterocycles. The van der Waals surface area contributed by atoms with Crippen LogP contribution in [0.3, 0.4) is 0 Å². The number of nitrogens with one attached hydrogen (secondary N) is 1. The number of hydrogen-bond acceptors (Lipinski definition) is 3. The Balaban J connectivity index is -0.000000245. The topological polar surface area (TPSA) is 104 Å². The number of carbonyl (C=O) groups is 1. The molecule has 0 radical (unpaired) electrons. The fraction of sp³-hybridized carbons (Fsp3) is 0. The van der Waals surface area contributed by atoms with Crippen LogP contribution in [-0.2, 0) is 10.3 Å². The minimum absolute atomic E-state index is 0. The molecular weight excluding hydrogens is 184 g/mol. The van der Waals surface area contributed by atoms with E-state index in [0.29, 0.717) is 0 Å². The Morgan fingerprint density at radius 3 is 1.60 bits per heavy atom. The van der Waals surface area contributed by atoms with E-state index in [1.165, 1.54) is 0 Å². The third-order valence-corrected chi connectivity index (χ3v) is 0.649. The molecule has 0 atom stereocenters. The van der Waals surface area contributed by atoms with Crippen molar-refractivity contribution >= 4 is 75.5 Å². The summed E-state index contributed by atoms with van der Waals surface area (Å²) in [5.74, 6) is 0. The predicted octanol–water partition coefficient (Wildman–Crippen LogP) is -2.24. The van der Waals surface area contributed by atoms with Gasteiger partial charge in [0.2, 0.25) is 0 Å². The van der Waals surface area contributed by atoms with Gasteiger partial charge in [0, 0.05) is 0 Å². The Kier molecular flexibility index (Phi) is 11.9. The standard InChI is InChI=1S/CH3NO5S.2Na.2H/c3-1(4)2-8(5,6)7;;;;/h2H,(H,3,4)(H,5,6,7);;;;. The van der Waals surface area contributed by atoms with Crippen molar-refractivity contribution in [3.63, 3.8) is 0 Å². The van der Waals surface area contributed by atoms with E-state index in [-0.39, 0.29) is 59.1 Å². The number of hydrogen-bond donors (Lipinski definition) is 3. The molecule has 0 unspecified atom stereocenters. The summed E-state index contributed by atoms with van der Waals surface area (Å²) in [7, 11) is -4.57. The van der Waals surface area contributed by atoms with Crippen molar-refractivity contribution in [2.75, 3.05) is 0 Å². The maximum absolute atomic E-state index is 9.51. The first-order chi connectivity index (χ1) is 3.42. The summed E-state index contributed by atoms with van der Waals surface area (Å²) in [5.41, 5.74) is 0. The molecule has 0 bridgehead atoms. The summed E-state index contributed by atoms with van der Waals surface area (Å²) in [6.45, 7) is 0. The van der Waals surface area contributed by atoms with Gasteiger partial charge < -0.3 is 5.11 Å². The van der Waals surface area contributed by atoms with Crippen LogP contribution in [0.4, 0.5) is 4.79 Å². The molecule has 0 aliphatic heterocycles. The molecule has 0 rings (SSSR count). The first-order valence-corrected chi connectivity index (χ1v) is 2.84. The molecule has 0 saturated carbocycles. The number of carboxylic acid groups (broad SMARTS) is 1. The summed E-state index contributed by atoms with van der Waals surface area (Å²) < 4.78 is 27.5. The molecule has 0 heterocycles. The van der Waals surface area contributed by atoms with E-state index in [1.54, 1.807) is 0 Å². The van der Waals surface area contributed by atoms with Crippen molar-refractivity contribution in [1.82, 2.24) is 4.72 Å². The molecule has 0 aromatic rings. The molecule has 0 saturated heterocycles. The van der Waals surface area contributed by atoms with Crippen LogP contribution < -0.4 is 4.72 Å². The first kappa shape index (κ1) is 17.3. The van der Waals surface area contributed by atoms with E-state index in [9.17, 15) is 13.2 Å². The molecule has 0 fully saturated rings. The van der Waals surface area contributed by atoms with E-state index >= 15 is 0 Å². The van der Waals surface area contributed by atoms with Crippen LogP contribution in [0.15, 0.2) is 0 Å². The van der Waals surface area contributed by atoms with Crippen LogP contribution in [0.2, 0.25) is 0 Å². The second-order valence-corrected chi connectivity index (χ2v) is 2.04. The van der Waals surface area contributed by atoms with E-state index in [0.717, 1.165) is 4.72 Å². The Morgan fingerprint density at radius 2 is 1.60 bits per heavy atom. The predicted molar refractivity (Wildman–Crippen MR) is 37.0 cm³/mol. The van der Waals surface area contributed by atoms with Gasteiger partial charge in [-0.1, -0.05) is 0 Å². The van der Waals surface area contributed by atoms with Gasteiger partial charge in [-0.25, -0.2) is 4.79 Å². The monoisotopic (exact) mass is 189 g/mol. The van der Waals surface area contributed by atoms with Gasteiger partial charge in [0.15, 0.2) is 0 Å². The zero-order valence-electron chi connectivity index (χ0n) is 3.53. The van der Waals surface area contributed by atoms with Gasteiger partial charge in [-0.2, -0.15) is 13.1 Å². The fourth-order valence-electron chi connectivity index (χ4n) is 0.110. The van der Waals surface area contributed by atoms with Gasteiger partial charge in [-0.3, -0.25) is 4.55 Å². The van der Waals surface area contributed by atoms with E-state index in [4.69, 9.17) is 9.66 Å². The summed E-state index contributed by atoms with van der Waals surface area (Å²) in [5, 5.41) is 7.60. The van der Waals surface area contributed by atoms with Crippen molar-refractivity contribution in [3.05, 3.63) is 0 Å². The fourth-order valence-corrected chi connectivity index (χ4v) is 0.331. The van der Waals surface area contributed by atoms with Crippen molar-refractivity contribution in [2.45, 2.75) is 0 Å². The molecule has 0 spiro atoms. The number of amides is 1.